The van der Waals surface area contributed by atoms with Crippen molar-refractivity contribution in [3.63, 3.8) is 0 Å². The minimum atomic E-state index is -0.201. The molecule has 2 aromatic heterocycles. The average Bonchev–Trinajstić information content (AvgIpc) is 2.90. The number of aromatic nitrogens is 4. The van der Waals surface area contributed by atoms with Crippen LogP contribution in [0.4, 0.5) is 0 Å². The van der Waals surface area contributed by atoms with Crippen molar-refractivity contribution in [3.05, 3.63) is 36.5 Å². The molecule has 0 atom stereocenters. The molecule has 0 fully saturated rings. The van der Waals surface area contributed by atoms with Gasteiger partial charge in [0.1, 0.15) is 6.33 Å². The van der Waals surface area contributed by atoms with E-state index in [1.165, 1.54) is 0 Å². The Bertz CT molecular complexity index is 504. The van der Waals surface area contributed by atoms with Crippen molar-refractivity contribution in [1.82, 2.24) is 25.1 Å². The van der Waals surface area contributed by atoms with E-state index in [-0.39, 0.29) is 5.91 Å². The van der Waals surface area contributed by atoms with Crippen LogP contribution in [0.2, 0.25) is 0 Å². The Kier molecular flexibility index (Phi) is 3.66. The molecule has 0 saturated carbocycles. The van der Waals surface area contributed by atoms with Crippen LogP contribution >= 0.6 is 0 Å². The second kappa shape index (κ2) is 5.39. The summed E-state index contributed by atoms with van der Waals surface area (Å²) in [5, 5.41) is 10.7. The predicted octanol–water partition coefficient (Wildman–Crippen LogP) is 1.05. The lowest BCUT2D eigenvalue weighted by Crippen LogP contribution is -2.28. The highest BCUT2D eigenvalue weighted by Gasteiger charge is 2.08. The molecule has 1 amide bonds. The molecule has 6 nitrogen and oxygen atoms in total. The maximum Gasteiger partial charge on any atom is 0.271 e. The van der Waals surface area contributed by atoms with Gasteiger partial charge < -0.3 is 5.32 Å². The second-order valence-corrected chi connectivity index (χ2v) is 4.35. The third kappa shape index (κ3) is 2.91. The topological polar surface area (TPSA) is 72.7 Å². The van der Waals surface area contributed by atoms with Gasteiger partial charge in [-0.15, -0.1) is 10.2 Å². The first kappa shape index (κ1) is 12.2. The molecule has 2 heterocycles. The Morgan fingerprint density at radius 3 is 2.78 bits per heavy atom. The molecule has 0 aliphatic heterocycles. The molecule has 2 aromatic rings. The first-order chi connectivity index (χ1) is 8.66. The van der Waals surface area contributed by atoms with Gasteiger partial charge in [-0.2, -0.15) is 0 Å². The zero-order chi connectivity index (χ0) is 13.0. The fraction of sp³-hybridized carbons (Fsp3) is 0.333. The van der Waals surface area contributed by atoms with Gasteiger partial charge in [-0.1, -0.05) is 13.8 Å². The van der Waals surface area contributed by atoms with E-state index in [1.807, 2.05) is 13.8 Å². The Balaban J connectivity index is 2.06. The Hall–Kier alpha value is -2.24. The van der Waals surface area contributed by atoms with E-state index < -0.39 is 0 Å². The third-order valence-electron chi connectivity index (χ3n) is 2.32. The standard InChI is InChI=1S/C12H15N5O/c1-9(2)7-14-12(18)10-3-4-11(16-15-10)17-6-5-13-8-17/h3-6,8-9H,7H2,1-2H3,(H,14,18). The molecule has 94 valence electrons. The van der Waals surface area contributed by atoms with Gasteiger partial charge in [0.05, 0.1) is 0 Å². The zero-order valence-corrected chi connectivity index (χ0v) is 10.4. The summed E-state index contributed by atoms with van der Waals surface area (Å²) in [6, 6.07) is 3.39. The maximum absolute atomic E-state index is 11.7. The van der Waals surface area contributed by atoms with Crippen LogP contribution in [-0.4, -0.2) is 32.2 Å². The van der Waals surface area contributed by atoms with Gasteiger partial charge in [0, 0.05) is 18.9 Å². The fourth-order valence-corrected chi connectivity index (χ4v) is 1.37. The summed E-state index contributed by atoms with van der Waals surface area (Å²) < 4.78 is 1.73. The van der Waals surface area contributed by atoms with Gasteiger partial charge in [-0.25, -0.2) is 4.98 Å². The summed E-state index contributed by atoms with van der Waals surface area (Å²) in [6.07, 6.45) is 5.05. The van der Waals surface area contributed by atoms with E-state index in [0.717, 1.165) is 0 Å². The van der Waals surface area contributed by atoms with Crippen LogP contribution in [-0.2, 0) is 0 Å². The molecular weight excluding hydrogens is 230 g/mol. The number of hydrogen-bond acceptors (Lipinski definition) is 4. The van der Waals surface area contributed by atoms with Gasteiger partial charge in [-0.05, 0) is 18.1 Å². The summed E-state index contributed by atoms with van der Waals surface area (Å²) in [4.78, 5) is 15.6. The highest BCUT2D eigenvalue weighted by molar-refractivity contribution is 5.92. The Labute approximate surface area is 105 Å². The summed E-state index contributed by atoms with van der Waals surface area (Å²) in [6.45, 7) is 4.70. The summed E-state index contributed by atoms with van der Waals surface area (Å²) in [5.41, 5.74) is 0.319. The van der Waals surface area contributed by atoms with E-state index in [9.17, 15) is 4.79 Å². The van der Waals surface area contributed by atoms with Crippen LogP contribution in [0.3, 0.4) is 0 Å². The van der Waals surface area contributed by atoms with Crippen LogP contribution in [0.25, 0.3) is 5.82 Å². The van der Waals surface area contributed by atoms with Crippen LogP contribution in [0, 0.1) is 5.92 Å². The van der Waals surface area contributed by atoms with Crippen LogP contribution in [0.5, 0.6) is 0 Å². The first-order valence-corrected chi connectivity index (χ1v) is 5.77. The molecule has 0 aliphatic rings. The lowest BCUT2D eigenvalue weighted by atomic mass is 10.2. The molecular formula is C12H15N5O. The molecule has 0 aliphatic carbocycles. The summed E-state index contributed by atoms with van der Waals surface area (Å²) >= 11 is 0. The smallest absolute Gasteiger partial charge is 0.271 e. The lowest BCUT2D eigenvalue weighted by Gasteiger charge is -2.06. The number of nitrogens with zero attached hydrogens (tertiary/aromatic N) is 4. The molecule has 0 saturated heterocycles. The summed E-state index contributed by atoms with van der Waals surface area (Å²) in [7, 11) is 0. The van der Waals surface area contributed by atoms with Crippen LogP contribution < -0.4 is 5.32 Å². The quantitative estimate of drug-likeness (QED) is 0.873. The van der Waals surface area contributed by atoms with E-state index >= 15 is 0 Å². The lowest BCUT2D eigenvalue weighted by molar-refractivity contribution is 0.0943. The number of hydrogen-bond donors (Lipinski definition) is 1. The van der Waals surface area contributed by atoms with E-state index in [4.69, 9.17) is 0 Å². The number of nitrogens with one attached hydrogen (secondary N) is 1. The van der Waals surface area contributed by atoms with Gasteiger partial charge in [0.2, 0.25) is 0 Å². The van der Waals surface area contributed by atoms with Gasteiger partial charge in [0.25, 0.3) is 5.91 Å². The highest BCUT2D eigenvalue weighted by Crippen LogP contribution is 2.02. The molecule has 6 heteroatoms. The molecule has 0 bridgehead atoms. The van der Waals surface area contributed by atoms with Crippen molar-refractivity contribution in [2.75, 3.05) is 6.54 Å². The van der Waals surface area contributed by atoms with Gasteiger partial charge in [0.15, 0.2) is 11.5 Å². The van der Waals surface area contributed by atoms with E-state index in [0.29, 0.717) is 24.0 Å². The molecule has 2 rings (SSSR count). The molecule has 1 N–H and O–H groups in total. The molecule has 0 radical (unpaired) electrons. The minimum absolute atomic E-state index is 0.201. The third-order valence-corrected chi connectivity index (χ3v) is 2.32. The molecule has 0 unspecified atom stereocenters. The van der Waals surface area contributed by atoms with Crippen molar-refractivity contribution in [2.24, 2.45) is 5.92 Å². The Morgan fingerprint density at radius 1 is 1.39 bits per heavy atom. The van der Waals surface area contributed by atoms with Gasteiger partial charge >= 0.3 is 0 Å². The number of carbonyl (C=O) groups is 1. The largest absolute Gasteiger partial charge is 0.350 e. The maximum atomic E-state index is 11.7. The van der Waals surface area contributed by atoms with Crippen LogP contribution in [0.1, 0.15) is 24.3 Å². The van der Waals surface area contributed by atoms with Crippen molar-refractivity contribution >= 4 is 5.91 Å². The predicted molar refractivity (Wildman–Crippen MR) is 66.3 cm³/mol. The minimum Gasteiger partial charge on any atom is -0.350 e. The zero-order valence-electron chi connectivity index (χ0n) is 10.4. The van der Waals surface area contributed by atoms with Gasteiger partial charge in [-0.3, -0.25) is 9.36 Å². The van der Waals surface area contributed by atoms with Crippen molar-refractivity contribution < 1.29 is 4.79 Å². The van der Waals surface area contributed by atoms with E-state index in [2.05, 4.69) is 20.5 Å². The first-order valence-electron chi connectivity index (χ1n) is 5.77. The number of carbonyl (C=O) groups excluding carboxylic acids is 1. The molecule has 0 spiro atoms. The highest BCUT2D eigenvalue weighted by atomic mass is 16.1. The second-order valence-electron chi connectivity index (χ2n) is 4.35. The number of imidazole rings is 1. The van der Waals surface area contributed by atoms with Crippen molar-refractivity contribution in [2.45, 2.75) is 13.8 Å². The number of rotatable bonds is 4. The summed E-state index contributed by atoms with van der Waals surface area (Å²) in [5.74, 6) is 0.841. The van der Waals surface area contributed by atoms with E-state index in [1.54, 1.807) is 35.4 Å². The number of amides is 1. The average molecular weight is 245 g/mol. The monoisotopic (exact) mass is 245 g/mol. The molecule has 0 aromatic carbocycles. The SMILES string of the molecule is CC(C)CNC(=O)c1ccc(-n2ccnc2)nn1. The normalized spacial score (nSPS) is 10.6. The van der Waals surface area contributed by atoms with Crippen molar-refractivity contribution in [3.8, 4) is 5.82 Å². The fourth-order valence-electron chi connectivity index (χ4n) is 1.37. The Morgan fingerprint density at radius 2 is 2.22 bits per heavy atom. The molecule has 18 heavy (non-hydrogen) atoms. The van der Waals surface area contributed by atoms with Crippen molar-refractivity contribution in [1.29, 1.82) is 0 Å². The van der Waals surface area contributed by atoms with Crippen LogP contribution in [0.15, 0.2) is 30.9 Å².